The summed E-state index contributed by atoms with van der Waals surface area (Å²) in [7, 11) is 0. The van der Waals surface area contributed by atoms with Crippen molar-refractivity contribution in [1.82, 2.24) is 20.6 Å². The predicted molar refractivity (Wildman–Crippen MR) is 98.0 cm³/mol. The number of H-pyrrole nitrogens is 1. The fourth-order valence-corrected chi connectivity index (χ4v) is 3.39. The van der Waals surface area contributed by atoms with E-state index in [-0.39, 0.29) is 0 Å². The quantitative estimate of drug-likeness (QED) is 0.494. The number of rotatable bonds is 4. The Morgan fingerprint density at radius 3 is 2.61 bits per heavy atom. The van der Waals surface area contributed by atoms with Gasteiger partial charge in [0.1, 0.15) is 5.58 Å². The number of tetrazole rings is 1. The second-order valence-electron chi connectivity index (χ2n) is 6.53. The molecular weight excluding hydrogens is 393 g/mol. The highest BCUT2D eigenvalue weighted by atomic mass is 35.5. The second-order valence-corrected chi connectivity index (χ2v) is 6.94. The number of aromatic nitrogens is 4. The lowest BCUT2D eigenvalue weighted by Gasteiger charge is -2.11. The minimum atomic E-state index is -4.36. The van der Waals surface area contributed by atoms with Crippen LogP contribution in [0, 0.1) is 6.92 Å². The highest BCUT2D eigenvalue weighted by Gasteiger charge is 2.30. The summed E-state index contributed by atoms with van der Waals surface area (Å²) in [5.41, 5.74) is 1.93. The number of hydrogen-bond acceptors (Lipinski definition) is 4. The number of benzene rings is 2. The van der Waals surface area contributed by atoms with Crippen LogP contribution in [0.15, 0.2) is 40.8 Å². The van der Waals surface area contributed by atoms with Gasteiger partial charge in [0, 0.05) is 10.4 Å². The van der Waals surface area contributed by atoms with E-state index in [4.69, 9.17) is 16.0 Å². The van der Waals surface area contributed by atoms with Gasteiger partial charge in [0.15, 0.2) is 5.76 Å². The zero-order valence-electron chi connectivity index (χ0n) is 14.6. The Kier molecular flexibility index (Phi) is 4.58. The molecule has 1 N–H and O–H groups in total. The van der Waals surface area contributed by atoms with E-state index in [1.54, 1.807) is 31.2 Å². The molecule has 0 saturated heterocycles. The SMILES string of the molecule is Cc1cc(CCc2cc3oc(-c4nn[nH]n4)cc3cc2Cl)cc(C(F)(F)F)c1. The van der Waals surface area contributed by atoms with E-state index >= 15 is 0 Å². The zero-order valence-corrected chi connectivity index (χ0v) is 15.4. The molecule has 0 aliphatic rings. The highest BCUT2D eigenvalue weighted by Crippen LogP contribution is 2.32. The molecule has 4 aromatic rings. The van der Waals surface area contributed by atoms with Crippen LogP contribution in [0.4, 0.5) is 13.2 Å². The molecule has 2 heterocycles. The first kappa shape index (κ1) is 18.5. The van der Waals surface area contributed by atoms with Crippen molar-refractivity contribution in [2.24, 2.45) is 0 Å². The maximum absolute atomic E-state index is 13.0. The van der Waals surface area contributed by atoms with Crippen molar-refractivity contribution < 1.29 is 17.6 Å². The number of alkyl halides is 3. The van der Waals surface area contributed by atoms with Gasteiger partial charge in [-0.25, -0.2) is 0 Å². The Morgan fingerprint density at radius 2 is 1.89 bits per heavy atom. The first-order chi connectivity index (χ1) is 13.3. The van der Waals surface area contributed by atoms with E-state index in [1.165, 1.54) is 6.07 Å². The van der Waals surface area contributed by atoms with Crippen molar-refractivity contribution in [3.05, 3.63) is 63.7 Å². The maximum atomic E-state index is 13.0. The van der Waals surface area contributed by atoms with Gasteiger partial charge in [-0.3, -0.25) is 0 Å². The number of fused-ring (bicyclic) bond motifs is 1. The molecule has 0 spiro atoms. The van der Waals surface area contributed by atoms with Gasteiger partial charge in [-0.1, -0.05) is 23.2 Å². The number of nitrogens with one attached hydrogen (secondary N) is 1. The van der Waals surface area contributed by atoms with Crippen LogP contribution >= 0.6 is 11.6 Å². The molecule has 0 bridgehead atoms. The molecule has 0 aliphatic carbocycles. The summed E-state index contributed by atoms with van der Waals surface area (Å²) in [6.45, 7) is 1.65. The van der Waals surface area contributed by atoms with Crippen LogP contribution in [0.3, 0.4) is 0 Å². The molecule has 0 aliphatic heterocycles. The van der Waals surface area contributed by atoms with Crippen LogP contribution in [-0.2, 0) is 19.0 Å². The van der Waals surface area contributed by atoms with E-state index in [0.717, 1.165) is 17.0 Å². The fraction of sp³-hybridized carbons (Fsp3) is 0.211. The fourth-order valence-electron chi connectivity index (χ4n) is 3.12. The molecular formula is C19H14ClF3N4O. The number of nitrogens with zero attached hydrogens (tertiary/aromatic N) is 3. The van der Waals surface area contributed by atoms with E-state index < -0.39 is 11.7 Å². The van der Waals surface area contributed by atoms with Crippen LogP contribution in [0.1, 0.15) is 22.3 Å². The minimum absolute atomic E-state index is 0.327. The molecule has 28 heavy (non-hydrogen) atoms. The van der Waals surface area contributed by atoms with E-state index in [2.05, 4.69) is 20.6 Å². The molecule has 9 heteroatoms. The van der Waals surface area contributed by atoms with Gasteiger partial charge in [0.2, 0.25) is 5.82 Å². The van der Waals surface area contributed by atoms with Gasteiger partial charge < -0.3 is 4.42 Å². The summed E-state index contributed by atoms with van der Waals surface area (Å²) in [4.78, 5) is 0. The third-order valence-electron chi connectivity index (χ3n) is 4.40. The normalized spacial score (nSPS) is 12.0. The summed E-state index contributed by atoms with van der Waals surface area (Å²) >= 11 is 6.37. The molecule has 0 amide bonds. The van der Waals surface area contributed by atoms with Crippen LogP contribution in [-0.4, -0.2) is 20.6 Å². The predicted octanol–water partition coefficient (Wildman–Crippen LogP) is 5.38. The number of halogens is 4. The van der Waals surface area contributed by atoms with Crippen molar-refractivity contribution in [1.29, 1.82) is 0 Å². The van der Waals surface area contributed by atoms with Gasteiger partial charge in [-0.05, 0) is 66.4 Å². The van der Waals surface area contributed by atoms with Crippen LogP contribution < -0.4 is 0 Å². The lowest BCUT2D eigenvalue weighted by atomic mass is 9.99. The molecule has 0 unspecified atom stereocenters. The first-order valence-electron chi connectivity index (χ1n) is 8.43. The second kappa shape index (κ2) is 6.94. The topological polar surface area (TPSA) is 67.6 Å². The van der Waals surface area contributed by atoms with Crippen LogP contribution in [0.25, 0.3) is 22.6 Å². The van der Waals surface area contributed by atoms with Crippen molar-refractivity contribution in [2.45, 2.75) is 25.9 Å². The lowest BCUT2D eigenvalue weighted by molar-refractivity contribution is -0.137. The third-order valence-corrected chi connectivity index (χ3v) is 4.75. The summed E-state index contributed by atoms with van der Waals surface area (Å²) in [5, 5.41) is 14.9. The first-order valence-corrected chi connectivity index (χ1v) is 8.81. The number of hydrogen-bond donors (Lipinski definition) is 1. The Bertz CT molecular complexity index is 1140. The van der Waals surface area contributed by atoms with E-state index in [1.807, 2.05) is 0 Å². The van der Waals surface area contributed by atoms with E-state index in [9.17, 15) is 13.2 Å². The van der Waals surface area contributed by atoms with Crippen molar-refractivity contribution in [3.63, 3.8) is 0 Å². The molecule has 4 rings (SSSR count). The van der Waals surface area contributed by atoms with Crippen molar-refractivity contribution in [3.8, 4) is 11.6 Å². The van der Waals surface area contributed by atoms with Gasteiger partial charge in [0.05, 0.1) is 5.56 Å². The summed E-state index contributed by atoms with van der Waals surface area (Å²) in [6, 6.07) is 9.39. The number of furan rings is 1. The summed E-state index contributed by atoms with van der Waals surface area (Å²) in [6.07, 6.45) is -3.46. The van der Waals surface area contributed by atoms with Gasteiger partial charge >= 0.3 is 6.18 Å². The van der Waals surface area contributed by atoms with Gasteiger partial charge in [-0.15, -0.1) is 10.2 Å². The molecule has 5 nitrogen and oxygen atoms in total. The largest absolute Gasteiger partial charge is 0.453 e. The van der Waals surface area contributed by atoms with Gasteiger partial charge in [0.25, 0.3) is 0 Å². The number of aromatic amines is 1. The van der Waals surface area contributed by atoms with Gasteiger partial charge in [-0.2, -0.15) is 18.4 Å². The lowest BCUT2D eigenvalue weighted by Crippen LogP contribution is -2.06. The molecule has 2 aromatic carbocycles. The standard InChI is InChI=1S/C19H14ClF3N4O/c1-10-4-11(6-14(5-10)19(21,22)23)2-3-12-8-16-13(7-15(12)20)9-17(28-16)18-24-26-27-25-18/h4-9H,2-3H2,1H3,(H,24,25,26,27). The van der Waals surface area contributed by atoms with E-state index in [0.29, 0.717) is 46.2 Å². The highest BCUT2D eigenvalue weighted by molar-refractivity contribution is 6.32. The van der Waals surface area contributed by atoms with Crippen molar-refractivity contribution in [2.75, 3.05) is 0 Å². The molecule has 144 valence electrons. The average Bonchev–Trinajstić information content (AvgIpc) is 3.27. The smallest absolute Gasteiger partial charge is 0.416 e. The molecule has 0 radical (unpaired) electrons. The maximum Gasteiger partial charge on any atom is 0.416 e. The zero-order chi connectivity index (χ0) is 19.9. The Morgan fingerprint density at radius 1 is 1.07 bits per heavy atom. The third kappa shape index (κ3) is 3.73. The Balaban J connectivity index is 1.60. The number of aryl methyl sites for hydroxylation is 3. The average molecular weight is 407 g/mol. The molecule has 2 aromatic heterocycles. The molecule has 0 atom stereocenters. The van der Waals surface area contributed by atoms with Crippen LogP contribution in [0.2, 0.25) is 5.02 Å². The van der Waals surface area contributed by atoms with Crippen molar-refractivity contribution >= 4 is 22.6 Å². The Hall–Kier alpha value is -2.87. The Labute approximate surface area is 162 Å². The molecule has 0 fully saturated rings. The van der Waals surface area contributed by atoms with Crippen LogP contribution in [0.5, 0.6) is 0 Å². The summed E-state index contributed by atoms with van der Waals surface area (Å²) in [5.74, 6) is 0.777. The minimum Gasteiger partial charge on any atom is -0.453 e. The molecule has 0 saturated carbocycles. The monoisotopic (exact) mass is 406 g/mol. The summed E-state index contributed by atoms with van der Waals surface area (Å²) < 4.78 is 44.8.